The van der Waals surface area contributed by atoms with E-state index >= 15 is 0 Å². The molecule has 2 atom stereocenters. The van der Waals surface area contributed by atoms with Crippen molar-refractivity contribution in [1.29, 1.82) is 0 Å². The number of nitrogens with two attached hydrogens (primary N) is 1. The van der Waals surface area contributed by atoms with Crippen molar-refractivity contribution in [3.8, 4) is 0 Å². The van der Waals surface area contributed by atoms with Crippen molar-refractivity contribution < 1.29 is 4.79 Å². The maximum absolute atomic E-state index is 11.8. The first-order valence-electron chi connectivity index (χ1n) is 6.05. The Morgan fingerprint density at radius 3 is 2.40 bits per heavy atom. The number of amides is 1. The van der Waals surface area contributed by atoms with E-state index in [1.54, 1.807) is 4.90 Å². The molecule has 0 heterocycles. The SMILES string of the molecule is CCCCCN(C)C(=O)C(N)C(C)CC. The quantitative estimate of drug-likeness (QED) is 0.659. The van der Waals surface area contributed by atoms with E-state index in [0.717, 1.165) is 19.4 Å². The lowest BCUT2D eigenvalue weighted by Gasteiger charge is -2.24. The standard InChI is InChI=1S/C12H26N2O/c1-5-7-8-9-14(4)12(15)11(13)10(3)6-2/h10-11H,5-9,13H2,1-4H3. The Bertz CT molecular complexity index is 182. The Hall–Kier alpha value is -0.570. The molecule has 2 unspecified atom stereocenters. The second-order valence-corrected chi connectivity index (χ2v) is 4.38. The largest absolute Gasteiger partial charge is 0.344 e. The Morgan fingerprint density at radius 1 is 1.33 bits per heavy atom. The average molecular weight is 214 g/mol. The van der Waals surface area contributed by atoms with Crippen LogP contribution in [0.3, 0.4) is 0 Å². The zero-order valence-corrected chi connectivity index (χ0v) is 10.6. The van der Waals surface area contributed by atoms with Gasteiger partial charge in [-0.2, -0.15) is 0 Å². The van der Waals surface area contributed by atoms with E-state index in [1.807, 2.05) is 14.0 Å². The molecule has 3 nitrogen and oxygen atoms in total. The van der Waals surface area contributed by atoms with Crippen LogP contribution in [0.15, 0.2) is 0 Å². The maximum Gasteiger partial charge on any atom is 0.239 e. The van der Waals surface area contributed by atoms with Crippen LogP contribution in [0.1, 0.15) is 46.5 Å². The Labute approximate surface area is 94.0 Å². The van der Waals surface area contributed by atoms with Crippen LogP contribution in [0.25, 0.3) is 0 Å². The zero-order chi connectivity index (χ0) is 11.8. The van der Waals surface area contributed by atoms with Crippen LogP contribution in [0.4, 0.5) is 0 Å². The van der Waals surface area contributed by atoms with Crippen LogP contribution in [0.2, 0.25) is 0 Å². The molecule has 3 heteroatoms. The van der Waals surface area contributed by atoms with Gasteiger partial charge >= 0.3 is 0 Å². The van der Waals surface area contributed by atoms with E-state index in [0.29, 0.717) is 0 Å². The highest BCUT2D eigenvalue weighted by Gasteiger charge is 2.22. The first-order chi connectivity index (χ1) is 7.04. The molecule has 0 aliphatic heterocycles. The lowest BCUT2D eigenvalue weighted by Crippen LogP contribution is -2.45. The summed E-state index contributed by atoms with van der Waals surface area (Å²) in [7, 11) is 1.85. The second kappa shape index (κ2) is 7.69. The van der Waals surface area contributed by atoms with E-state index in [1.165, 1.54) is 12.8 Å². The minimum Gasteiger partial charge on any atom is -0.344 e. The molecule has 0 rings (SSSR count). The summed E-state index contributed by atoms with van der Waals surface area (Å²) in [6.45, 7) is 7.08. The van der Waals surface area contributed by atoms with Gasteiger partial charge in [0.05, 0.1) is 6.04 Å². The number of hydrogen-bond donors (Lipinski definition) is 1. The number of hydrogen-bond acceptors (Lipinski definition) is 2. The lowest BCUT2D eigenvalue weighted by atomic mass is 9.99. The molecule has 2 N–H and O–H groups in total. The summed E-state index contributed by atoms with van der Waals surface area (Å²) >= 11 is 0. The van der Waals surface area contributed by atoms with Crippen molar-refractivity contribution in [1.82, 2.24) is 4.90 Å². The Kier molecular flexibility index (Phi) is 7.39. The maximum atomic E-state index is 11.8. The van der Waals surface area contributed by atoms with Crippen LogP contribution >= 0.6 is 0 Å². The van der Waals surface area contributed by atoms with Crippen LogP contribution < -0.4 is 5.73 Å². The summed E-state index contributed by atoms with van der Waals surface area (Å²) in [4.78, 5) is 13.6. The van der Waals surface area contributed by atoms with Crippen molar-refractivity contribution in [2.75, 3.05) is 13.6 Å². The second-order valence-electron chi connectivity index (χ2n) is 4.38. The number of carbonyl (C=O) groups excluding carboxylic acids is 1. The van der Waals surface area contributed by atoms with Crippen LogP contribution in [0.5, 0.6) is 0 Å². The molecule has 0 fully saturated rings. The number of carbonyl (C=O) groups is 1. The number of unbranched alkanes of at least 4 members (excludes halogenated alkanes) is 2. The summed E-state index contributed by atoms with van der Waals surface area (Å²) in [5.74, 6) is 0.353. The zero-order valence-electron chi connectivity index (χ0n) is 10.6. The highest BCUT2D eigenvalue weighted by Crippen LogP contribution is 2.08. The molecule has 0 saturated carbocycles. The summed E-state index contributed by atoms with van der Waals surface area (Å²) in [6, 6.07) is -0.332. The minimum absolute atomic E-state index is 0.0838. The van der Waals surface area contributed by atoms with Gasteiger partial charge in [-0.25, -0.2) is 0 Å². The molecule has 0 aromatic rings. The minimum atomic E-state index is -0.332. The van der Waals surface area contributed by atoms with Crippen LogP contribution in [-0.2, 0) is 4.79 Å². The van der Waals surface area contributed by atoms with E-state index in [-0.39, 0.29) is 17.9 Å². The molecule has 0 aromatic carbocycles. The first kappa shape index (κ1) is 14.4. The van der Waals surface area contributed by atoms with Gasteiger partial charge in [0.25, 0.3) is 0 Å². The predicted molar refractivity (Wildman–Crippen MR) is 64.6 cm³/mol. The van der Waals surface area contributed by atoms with E-state index in [9.17, 15) is 4.79 Å². The van der Waals surface area contributed by atoms with Gasteiger partial charge in [0.2, 0.25) is 5.91 Å². The van der Waals surface area contributed by atoms with Crippen LogP contribution in [-0.4, -0.2) is 30.4 Å². The highest BCUT2D eigenvalue weighted by atomic mass is 16.2. The normalized spacial score (nSPS) is 14.7. The van der Waals surface area contributed by atoms with Gasteiger partial charge in [-0.15, -0.1) is 0 Å². The summed E-state index contributed by atoms with van der Waals surface area (Å²) < 4.78 is 0. The van der Waals surface area contributed by atoms with Crippen molar-refractivity contribution >= 4 is 5.91 Å². The van der Waals surface area contributed by atoms with Gasteiger partial charge in [0.1, 0.15) is 0 Å². The fourth-order valence-electron chi connectivity index (χ4n) is 1.46. The molecular formula is C12H26N2O. The number of rotatable bonds is 7. The van der Waals surface area contributed by atoms with Gasteiger partial charge in [-0.05, 0) is 12.3 Å². The predicted octanol–water partition coefficient (Wildman–Crippen LogP) is 2.01. The van der Waals surface area contributed by atoms with Gasteiger partial charge in [0.15, 0.2) is 0 Å². The molecule has 0 aliphatic rings. The summed E-state index contributed by atoms with van der Waals surface area (Å²) in [5.41, 5.74) is 5.89. The lowest BCUT2D eigenvalue weighted by molar-refractivity contribution is -0.132. The third kappa shape index (κ3) is 5.17. The summed E-state index contributed by atoms with van der Waals surface area (Å²) in [6.07, 6.45) is 4.39. The van der Waals surface area contributed by atoms with Crippen molar-refractivity contribution in [2.45, 2.75) is 52.5 Å². The topological polar surface area (TPSA) is 46.3 Å². The molecule has 15 heavy (non-hydrogen) atoms. The van der Waals surface area contributed by atoms with Gasteiger partial charge in [0, 0.05) is 13.6 Å². The Balaban J connectivity index is 3.96. The van der Waals surface area contributed by atoms with E-state index in [2.05, 4.69) is 13.8 Å². The molecule has 0 saturated heterocycles. The third-order valence-electron chi connectivity index (χ3n) is 3.02. The molecule has 0 radical (unpaired) electrons. The molecule has 0 aliphatic carbocycles. The van der Waals surface area contributed by atoms with Crippen molar-refractivity contribution in [2.24, 2.45) is 11.7 Å². The molecule has 0 aromatic heterocycles. The monoisotopic (exact) mass is 214 g/mol. The Morgan fingerprint density at radius 2 is 1.93 bits per heavy atom. The third-order valence-corrected chi connectivity index (χ3v) is 3.02. The molecular weight excluding hydrogens is 188 g/mol. The smallest absolute Gasteiger partial charge is 0.239 e. The van der Waals surface area contributed by atoms with Gasteiger partial charge < -0.3 is 10.6 Å². The average Bonchev–Trinajstić information content (AvgIpc) is 2.26. The number of nitrogens with zero attached hydrogens (tertiary/aromatic N) is 1. The van der Waals surface area contributed by atoms with Crippen molar-refractivity contribution in [3.63, 3.8) is 0 Å². The molecule has 0 spiro atoms. The fourth-order valence-corrected chi connectivity index (χ4v) is 1.46. The van der Waals surface area contributed by atoms with Gasteiger partial charge in [-0.3, -0.25) is 4.79 Å². The highest BCUT2D eigenvalue weighted by molar-refractivity contribution is 5.81. The van der Waals surface area contributed by atoms with Crippen LogP contribution in [0, 0.1) is 5.92 Å². The fraction of sp³-hybridized carbons (Fsp3) is 0.917. The molecule has 90 valence electrons. The molecule has 1 amide bonds. The van der Waals surface area contributed by atoms with E-state index in [4.69, 9.17) is 5.73 Å². The van der Waals surface area contributed by atoms with Crippen molar-refractivity contribution in [3.05, 3.63) is 0 Å². The number of likely N-dealkylation sites (N-methyl/N-ethyl adjacent to an activating group) is 1. The molecule has 0 bridgehead atoms. The van der Waals surface area contributed by atoms with Gasteiger partial charge in [-0.1, -0.05) is 40.0 Å². The van der Waals surface area contributed by atoms with E-state index < -0.39 is 0 Å². The first-order valence-corrected chi connectivity index (χ1v) is 6.05. The summed E-state index contributed by atoms with van der Waals surface area (Å²) in [5, 5.41) is 0.